The number of carbonyl (C=O) groups is 3. The summed E-state index contributed by atoms with van der Waals surface area (Å²) in [7, 11) is 1.26. The summed E-state index contributed by atoms with van der Waals surface area (Å²) in [6.07, 6.45) is 2.53. The molecule has 2 aromatic carbocycles. The molecule has 11 heteroatoms. The minimum absolute atomic E-state index is 0.0697. The Balaban J connectivity index is 1.80. The topological polar surface area (TPSA) is 126 Å². The maximum absolute atomic E-state index is 13.6. The first-order valence-electron chi connectivity index (χ1n) is 15.1. The van der Waals surface area contributed by atoms with E-state index in [1.165, 1.54) is 19.2 Å². The van der Waals surface area contributed by atoms with E-state index in [0.717, 1.165) is 36.8 Å². The molecule has 10 nitrogen and oxygen atoms in total. The number of hydrogen-bond donors (Lipinski definition) is 3. The summed E-state index contributed by atoms with van der Waals surface area (Å²) in [4.78, 5) is 40.2. The van der Waals surface area contributed by atoms with Crippen molar-refractivity contribution in [2.75, 3.05) is 26.8 Å². The molecule has 44 heavy (non-hydrogen) atoms. The van der Waals surface area contributed by atoms with Gasteiger partial charge in [-0.25, -0.2) is 14.0 Å². The van der Waals surface area contributed by atoms with E-state index in [1.54, 1.807) is 37.8 Å². The monoisotopic (exact) mass is 615 g/mol. The number of halogens is 1. The van der Waals surface area contributed by atoms with Crippen molar-refractivity contribution < 1.29 is 38.1 Å². The molecule has 1 aliphatic carbocycles. The summed E-state index contributed by atoms with van der Waals surface area (Å²) in [6.45, 7) is 5.40. The molecule has 0 aliphatic heterocycles. The van der Waals surface area contributed by atoms with Crippen LogP contribution in [-0.2, 0) is 32.0 Å². The molecule has 3 N–H and O–H groups in total. The zero-order chi connectivity index (χ0) is 32.1. The molecule has 3 rings (SSSR count). The Bertz CT molecular complexity index is 1190. The zero-order valence-electron chi connectivity index (χ0n) is 26.1. The van der Waals surface area contributed by atoms with Gasteiger partial charge in [-0.3, -0.25) is 9.69 Å². The van der Waals surface area contributed by atoms with Crippen molar-refractivity contribution in [3.63, 3.8) is 0 Å². The molecule has 242 valence electrons. The van der Waals surface area contributed by atoms with Crippen LogP contribution in [0.3, 0.4) is 0 Å². The molecule has 0 spiro atoms. The number of nitrogens with one attached hydrogen (secondary N) is 2. The maximum Gasteiger partial charge on any atom is 0.407 e. The minimum Gasteiger partial charge on any atom is -0.468 e. The number of rotatable bonds is 13. The quantitative estimate of drug-likeness (QED) is 0.221. The third kappa shape index (κ3) is 11.8. The SMILES string of the molecule is COC(=O)[C@H](CO)N(C[C@H](Cc1ccc(F)cc1)NC(=O)OC(C)(C)C)C[C@@H]1CCCC[C@H]1NC(=O)OCc1ccccc1. The number of esters is 1. The lowest BCUT2D eigenvalue weighted by atomic mass is 9.83. The van der Waals surface area contributed by atoms with Gasteiger partial charge in [0.05, 0.1) is 13.7 Å². The highest BCUT2D eigenvalue weighted by molar-refractivity contribution is 5.76. The van der Waals surface area contributed by atoms with E-state index in [4.69, 9.17) is 14.2 Å². The van der Waals surface area contributed by atoms with Gasteiger partial charge in [0, 0.05) is 25.2 Å². The van der Waals surface area contributed by atoms with E-state index in [9.17, 15) is 23.9 Å². The number of aliphatic hydroxyl groups is 1. The van der Waals surface area contributed by atoms with E-state index in [0.29, 0.717) is 13.0 Å². The highest BCUT2D eigenvalue weighted by Crippen LogP contribution is 2.27. The average Bonchev–Trinajstić information content (AvgIpc) is 2.98. The fourth-order valence-corrected chi connectivity index (χ4v) is 5.46. The summed E-state index contributed by atoms with van der Waals surface area (Å²) in [6, 6.07) is 13.6. The lowest BCUT2D eigenvalue weighted by molar-refractivity contribution is -0.149. The lowest BCUT2D eigenvalue weighted by Gasteiger charge is -2.39. The fraction of sp³-hybridized carbons (Fsp3) is 0.545. The third-order valence-electron chi connectivity index (χ3n) is 7.55. The van der Waals surface area contributed by atoms with Crippen LogP contribution in [-0.4, -0.2) is 78.7 Å². The maximum atomic E-state index is 13.6. The molecule has 0 bridgehead atoms. The summed E-state index contributed by atoms with van der Waals surface area (Å²) >= 11 is 0. The Labute approximate surface area is 259 Å². The molecule has 0 aromatic heterocycles. The molecular weight excluding hydrogens is 569 g/mol. The number of methoxy groups -OCH3 is 1. The molecule has 1 saturated carbocycles. The van der Waals surface area contributed by atoms with E-state index < -0.39 is 42.4 Å². The van der Waals surface area contributed by atoms with Gasteiger partial charge in [-0.2, -0.15) is 0 Å². The Morgan fingerprint density at radius 1 is 1.00 bits per heavy atom. The van der Waals surface area contributed by atoms with E-state index >= 15 is 0 Å². The van der Waals surface area contributed by atoms with Gasteiger partial charge >= 0.3 is 18.2 Å². The van der Waals surface area contributed by atoms with E-state index in [-0.39, 0.29) is 30.9 Å². The summed E-state index contributed by atoms with van der Waals surface area (Å²) in [5.41, 5.74) is 0.909. The van der Waals surface area contributed by atoms with Crippen LogP contribution in [0.1, 0.15) is 57.6 Å². The standard InChI is InChI=1S/C33H46FN3O7/c1-33(2,3)44-32(41)35-27(18-23-14-16-26(34)17-15-23)20-37(29(21-38)30(39)42-4)19-25-12-8-9-13-28(25)36-31(40)43-22-24-10-6-5-7-11-24/h5-7,10-11,14-17,25,27-29,38H,8-9,12-13,18-22H2,1-4H3,(H,35,41)(H,36,40)/t25-,27-,28+,29-/m0/s1. The molecule has 2 aromatic rings. The van der Waals surface area contributed by atoms with Crippen LogP contribution in [0.15, 0.2) is 54.6 Å². The highest BCUT2D eigenvalue weighted by atomic mass is 19.1. The van der Waals surface area contributed by atoms with Crippen molar-refractivity contribution in [3.8, 4) is 0 Å². The average molecular weight is 616 g/mol. The van der Waals surface area contributed by atoms with Gasteiger partial charge in [0.25, 0.3) is 0 Å². The number of hydrogen-bond acceptors (Lipinski definition) is 8. The predicted molar refractivity (Wildman–Crippen MR) is 163 cm³/mol. The molecule has 0 saturated heterocycles. The van der Waals surface area contributed by atoms with Crippen LogP contribution < -0.4 is 10.6 Å². The van der Waals surface area contributed by atoms with Crippen molar-refractivity contribution in [2.45, 2.75) is 83.2 Å². The van der Waals surface area contributed by atoms with Crippen molar-refractivity contribution in [2.24, 2.45) is 5.92 Å². The van der Waals surface area contributed by atoms with Crippen LogP contribution in [0, 0.1) is 11.7 Å². The van der Waals surface area contributed by atoms with Gasteiger partial charge in [0.1, 0.15) is 24.1 Å². The number of carbonyl (C=O) groups excluding carboxylic acids is 3. The molecule has 0 radical (unpaired) electrons. The van der Waals surface area contributed by atoms with Crippen molar-refractivity contribution in [3.05, 3.63) is 71.5 Å². The van der Waals surface area contributed by atoms with Crippen LogP contribution >= 0.6 is 0 Å². The van der Waals surface area contributed by atoms with Crippen LogP contribution in [0.2, 0.25) is 0 Å². The third-order valence-corrected chi connectivity index (χ3v) is 7.55. The predicted octanol–water partition coefficient (Wildman–Crippen LogP) is 4.58. The van der Waals surface area contributed by atoms with Crippen molar-refractivity contribution in [1.82, 2.24) is 15.5 Å². The Morgan fingerprint density at radius 3 is 2.32 bits per heavy atom. The Kier molecular flexibility index (Phi) is 13.4. The Morgan fingerprint density at radius 2 is 1.68 bits per heavy atom. The second-order valence-electron chi connectivity index (χ2n) is 12.2. The van der Waals surface area contributed by atoms with Crippen LogP contribution in [0.25, 0.3) is 0 Å². The normalized spacial score (nSPS) is 18.2. The highest BCUT2D eigenvalue weighted by Gasteiger charge is 2.35. The molecular formula is C33H46FN3O7. The van der Waals surface area contributed by atoms with Gasteiger partial charge in [0.2, 0.25) is 0 Å². The minimum atomic E-state index is -1.01. The first kappa shape index (κ1) is 34.8. The Hall–Kier alpha value is -3.70. The smallest absolute Gasteiger partial charge is 0.407 e. The first-order chi connectivity index (χ1) is 21.0. The number of benzene rings is 2. The van der Waals surface area contributed by atoms with E-state index in [1.807, 2.05) is 30.3 Å². The fourth-order valence-electron chi connectivity index (χ4n) is 5.46. The van der Waals surface area contributed by atoms with Crippen LogP contribution in [0.5, 0.6) is 0 Å². The number of nitrogens with zero attached hydrogens (tertiary/aromatic N) is 1. The number of alkyl carbamates (subject to hydrolysis) is 2. The van der Waals surface area contributed by atoms with Gasteiger partial charge < -0.3 is 30.0 Å². The van der Waals surface area contributed by atoms with Gasteiger partial charge in [-0.1, -0.05) is 55.3 Å². The largest absolute Gasteiger partial charge is 0.468 e. The number of aliphatic hydroxyl groups excluding tert-OH is 1. The zero-order valence-corrected chi connectivity index (χ0v) is 26.1. The number of ether oxygens (including phenoxy) is 3. The molecule has 0 heterocycles. The molecule has 1 aliphatic rings. The van der Waals surface area contributed by atoms with Crippen molar-refractivity contribution >= 4 is 18.2 Å². The molecule has 0 unspecified atom stereocenters. The summed E-state index contributed by atoms with van der Waals surface area (Å²) in [5, 5.41) is 16.2. The summed E-state index contributed by atoms with van der Waals surface area (Å²) < 4.78 is 29.6. The van der Waals surface area contributed by atoms with Crippen LogP contribution in [0.4, 0.5) is 14.0 Å². The van der Waals surface area contributed by atoms with Gasteiger partial charge in [0.15, 0.2) is 0 Å². The van der Waals surface area contributed by atoms with Crippen molar-refractivity contribution in [1.29, 1.82) is 0 Å². The first-order valence-corrected chi connectivity index (χ1v) is 15.1. The second-order valence-corrected chi connectivity index (χ2v) is 12.2. The summed E-state index contributed by atoms with van der Waals surface area (Å²) in [5.74, 6) is -1.07. The lowest BCUT2D eigenvalue weighted by Crippen LogP contribution is -2.56. The van der Waals surface area contributed by atoms with Gasteiger partial charge in [-0.05, 0) is 69.2 Å². The molecule has 1 fully saturated rings. The second kappa shape index (κ2) is 17.0. The molecule has 2 amide bonds. The van der Waals surface area contributed by atoms with E-state index in [2.05, 4.69) is 10.6 Å². The number of amides is 2. The van der Waals surface area contributed by atoms with Gasteiger partial charge in [-0.15, -0.1) is 0 Å². The molecule has 4 atom stereocenters.